The van der Waals surface area contributed by atoms with Crippen molar-refractivity contribution in [2.24, 2.45) is 5.92 Å². The zero-order chi connectivity index (χ0) is 20.9. The van der Waals surface area contributed by atoms with Gasteiger partial charge < -0.3 is 24.6 Å². The summed E-state index contributed by atoms with van der Waals surface area (Å²) in [6.45, 7) is 4.07. The summed E-state index contributed by atoms with van der Waals surface area (Å²) in [4.78, 5) is 29.1. The van der Waals surface area contributed by atoms with Crippen molar-refractivity contribution < 1.29 is 23.5 Å². The van der Waals surface area contributed by atoms with Gasteiger partial charge in [-0.1, -0.05) is 0 Å². The number of piperidine rings is 2. The molecule has 1 aromatic rings. The van der Waals surface area contributed by atoms with Gasteiger partial charge in [-0.25, -0.2) is 4.39 Å². The van der Waals surface area contributed by atoms with Crippen LogP contribution in [0, 0.1) is 11.7 Å². The predicted molar refractivity (Wildman–Crippen MR) is 109 cm³/mol. The number of likely N-dealkylation sites (tertiary alicyclic amines) is 1. The summed E-state index contributed by atoms with van der Waals surface area (Å²) < 4.78 is 24.3. The molecule has 3 heterocycles. The van der Waals surface area contributed by atoms with Gasteiger partial charge in [0.2, 0.25) is 11.8 Å². The third kappa shape index (κ3) is 5.10. The number of nitrogens with one attached hydrogen (secondary N) is 1. The number of ether oxygens (including phenoxy) is 2. The summed E-state index contributed by atoms with van der Waals surface area (Å²) >= 11 is 0. The lowest BCUT2D eigenvalue weighted by atomic mass is 9.94. The Morgan fingerprint density at radius 1 is 1.13 bits per heavy atom. The Hall–Kier alpha value is -2.19. The molecule has 3 saturated heterocycles. The fraction of sp³-hybridized carbons (Fsp3) is 0.636. The molecule has 3 aliphatic heterocycles. The summed E-state index contributed by atoms with van der Waals surface area (Å²) in [5, 5.41) is 3.30. The lowest BCUT2D eigenvalue weighted by Crippen LogP contribution is -2.56. The van der Waals surface area contributed by atoms with E-state index in [1.54, 1.807) is 12.1 Å². The number of hydrogen-bond donors (Lipinski definition) is 1. The van der Waals surface area contributed by atoms with E-state index >= 15 is 0 Å². The van der Waals surface area contributed by atoms with Crippen LogP contribution in [-0.4, -0.2) is 79.7 Å². The number of benzene rings is 1. The number of amides is 2. The molecule has 3 fully saturated rings. The predicted octanol–water partition coefficient (Wildman–Crippen LogP) is 1.42. The second kappa shape index (κ2) is 9.75. The SMILES string of the molecule is O=C(C1CCNCC1)N1CCC(N2CC(COc3ccc(F)cc3)OCC2=O)CC1. The number of nitrogens with zero attached hydrogens (tertiary/aromatic N) is 2. The van der Waals surface area contributed by atoms with Gasteiger partial charge in [0, 0.05) is 25.0 Å². The third-order valence-electron chi connectivity index (χ3n) is 6.32. The third-order valence-corrected chi connectivity index (χ3v) is 6.32. The molecule has 1 atom stereocenters. The quantitative estimate of drug-likeness (QED) is 0.782. The highest BCUT2D eigenvalue weighted by Gasteiger charge is 2.35. The van der Waals surface area contributed by atoms with Crippen LogP contribution in [0.15, 0.2) is 24.3 Å². The highest BCUT2D eigenvalue weighted by molar-refractivity contribution is 5.80. The number of carbonyl (C=O) groups excluding carboxylic acids is 2. The molecular formula is C22H30FN3O4. The van der Waals surface area contributed by atoms with Gasteiger partial charge in [0.1, 0.15) is 30.9 Å². The van der Waals surface area contributed by atoms with Gasteiger partial charge in [0.05, 0.1) is 6.54 Å². The molecule has 0 bridgehead atoms. The number of halogens is 1. The topological polar surface area (TPSA) is 71.1 Å². The van der Waals surface area contributed by atoms with E-state index in [4.69, 9.17) is 9.47 Å². The Balaban J connectivity index is 1.26. The number of carbonyl (C=O) groups is 2. The molecule has 0 saturated carbocycles. The fourth-order valence-electron chi connectivity index (χ4n) is 4.54. The monoisotopic (exact) mass is 419 g/mol. The van der Waals surface area contributed by atoms with Crippen LogP contribution in [0.1, 0.15) is 25.7 Å². The molecule has 1 aromatic carbocycles. The van der Waals surface area contributed by atoms with Gasteiger partial charge in [0.15, 0.2) is 0 Å². The molecule has 0 radical (unpaired) electrons. The minimum absolute atomic E-state index is 0.00355. The molecule has 4 rings (SSSR count). The van der Waals surface area contributed by atoms with E-state index in [1.165, 1.54) is 12.1 Å². The normalized spacial score (nSPS) is 24.2. The van der Waals surface area contributed by atoms with Gasteiger partial charge in [-0.05, 0) is 63.0 Å². The molecule has 0 spiro atoms. The zero-order valence-electron chi connectivity index (χ0n) is 17.2. The molecule has 164 valence electrons. The molecule has 7 nitrogen and oxygen atoms in total. The van der Waals surface area contributed by atoms with E-state index in [1.807, 2.05) is 9.80 Å². The first-order valence-electron chi connectivity index (χ1n) is 10.9. The van der Waals surface area contributed by atoms with Crippen molar-refractivity contribution >= 4 is 11.8 Å². The largest absolute Gasteiger partial charge is 0.491 e. The van der Waals surface area contributed by atoms with Crippen molar-refractivity contribution in [1.82, 2.24) is 15.1 Å². The van der Waals surface area contributed by atoms with Gasteiger partial charge in [-0.3, -0.25) is 9.59 Å². The zero-order valence-corrected chi connectivity index (χ0v) is 17.2. The number of morpholine rings is 1. The van der Waals surface area contributed by atoms with Crippen LogP contribution in [0.5, 0.6) is 5.75 Å². The van der Waals surface area contributed by atoms with Crippen LogP contribution < -0.4 is 10.1 Å². The van der Waals surface area contributed by atoms with Crippen LogP contribution in [0.2, 0.25) is 0 Å². The Bertz CT molecular complexity index is 730. The number of rotatable bonds is 5. The smallest absolute Gasteiger partial charge is 0.248 e. The van der Waals surface area contributed by atoms with Crippen LogP contribution in [0.25, 0.3) is 0 Å². The maximum absolute atomic E-state index is 13.0. The van der Waals surface area contributed by atoms with Gasteiger partial charge in [-0.2, -0.15) is 0 Å². The first kappa shape index (κ1) is 21.1. The number of hydrogen-bond acceptors (Lipinski definition) is 5. The molecule has 0 aromatic heterocycles. The van der Waals surface area contributed by atoms with Crippen molar-refractivity contribution in [3.63, 3.8) is 0 Å². The van der Waals surface area contributed by atoms with Crippen molar-refractivity contribution in [1.29, 1.82) is 0 Å². The average Bonchev–Trinajstić information content (AvgIpc) is 2.80. The molecule has 30 heavy (non-hydrogen) atoms. The van der Waals surface area contributed by atoms with Crippen molar-refractivity contribution in [2.75, 3.05) is 45.9 Å². The van der Waals surface area contributed by atoms with Crippen LogP contribution in [-0.2, 0) is 14.3 Å². The summed E-state index contributed by atoms with van der Waals surface area (Å²) in [7, 11) is 0. The minimum atomic E-state index is -0.307. The first-order chi connectivity index (χ1) is 14.6. The van der Waals surface area contributed by atoms with Crippen molar-refractivity contribution in [3.8, 4) is 5.75 Å². The maximum Gasteiger partial charge on any atom is 0.248 e. The van der Waals surface area contributed by atoms with E-state index in [2.05, 4.69) is 5.32 Å². The lowest BCUT2D eigenvalue weighted by molar-refractivity contribution is -0.156. The van der Waals surface area contributed by atoms with E-state index in [9.17, 15) is 14.0 Å². The summed E-state index contributed by atoms with van der Waals surface area (Å²) in [5.41, 5.74) is 0. The second-order valence-electron chi connectivity index (χ2n) is 8.32. The van der Waals surface area contributed by atoms with Crippen LogP contribution in [0.4, 0.5) is 4.39 Å². The first-order valence-corrected chi connectivity index (χ1v) is 10.9. The molecule has 0 aliphatic carbocycles. The Kier molecular flexibility index (Phi) is 6.84. The van der Waals surface area contributed by atoms with Crippen molar-refractivity contribution in [3.05, 3.63) is 30.1 Å². The summed E-state index contributed by atoms with van der Waals surface area (Å²) in [5.74, 6) is 0.678. The van der Waals surface area contributed by atoms with Gasteiger partial charge in [-0.15, -0.1) is 0 Å². The molecule has 8 heteroatoms. The van der Waals surface area contributed by atoms with Gasteiger partial charge in [0.25, 0.3) is 0 Å². The highest BCUT2D eigenvalue weighted by atomic mass is 19.1. The van der Waals surface area contributed by atoms with E-state index in [0.717, 1.165) is 38.8 Å². The Morgan fingerprint density at radius 2 is 1.83 bits per heavy atom. The fourth-order valence-corrected chi connectivity index (χ4v) is 4.54. The molecular weight excluding hydrogens is 389 g/mol. The Morgan fingerprint density at radius 3 is 2.53 bits per heavy atom. The molecule has 2 amide bonds. The molecule has 1 unspecified atom stereocenters. The van der Waals surface area contributed by atoms with E-state index < -0.39 is 0 Å². The highest BCUT2D eigenvalue weighted by Crippen LogP contribution is 2.23. The lowest BCUT2D eigenvalue weighted by Gasteiger charge is -2.42. The standard InChI is InChI=1S/C22H30FN3O4/c23-17-1-3-19(4-2-17)29-14-20-13-26(21(27)15-30-20)18-7-11-25(12-8-18)22(28)16-5-9-24-10-6-16/h1-4,16,18,20,24H,5-15H2. The van der Waals surface area contributed by atoms with E-state index in [0.29, 0.717) is 32.0 Å². The molecule has 3 aliphatic rings. The van der Waals surface area contributed by atoms with Crippen LogP contribution >= 0.6 is 0 Å². The Labute approximate surface area is 176 Å². The second-order valence-corrected chi connectivity index (χ2v) is 8.32. The average molecular weight is 419 g/mol. The summed E-state index contributed by atoms with van der Waals surface area (Å²) in [6.07, 6.45) is 3.21. The van der Waals surface area contributed by atoms with Crippen molar-refractivity contribution in [2.45, 2.75) is 37.8 Å². The minimum Gasteiger partial charge on any atom is -0.491 e. The maximum atomic E-state index is 13.0. The molecule has 1 N–H and O–H groups in total. The van der Waals surface area contributed by atoms with E-state index in [-0.39, 0.29) is 42.3 Å². The summed E-state index contributed by atoms with van der Waals surface area (Å²) in [6, 6.07) is 6.00. The van der Waals surface area contributed by atoms with Crippen LogP contribution in [0.3, 0.4) is 0 Å². The van der Waals surface area contributed by atoms with Gasteiger partial charge >= 0.3 is 0 Å².